The van der Waals surface area contributed by atoms with E-state index in [-0.39, 0.29) is 35.9 Å². The summed E-state index contributed by atoms with van der Waals surface area (Å²) in [5.74, 6) is -1.51. The second-order valence-electron chi connectivity index (χ2n) is 7.08. The maximum Gasteiger partial charge on any atom is 0.293 e. The third-order valence-electron chi connectivity index (χ3n) is 4.53. The molecule has 164 valence electrons. The van der Waals surface area contributed by atoms with Crippen molar-refractivity contribution in [3.8, 4) is 0 Å². The first-order chi connectivity index (χ1) is 15.3. The number of nitrogens with one attached hydrogen (secondary N) is 3. The summed E-state index contributed by atoms with van der Waals surface area (Å²) in [6, 6.07) is 17.5. The van der Waals surface area contributed by atoms with Crippen LogP contribution < -0.4 is 16.0 Å². The third kappa shape index (κ3) is 6.11. The lowest BCUT2D eigenvalue weighted by Crippen LogP contribution is -2.22. The van der Waals surface area contributed by atoms with Gasteiger partial charge in [0, 0.05) is 11.8 Å². The molecule has 0 unspecified atom stereocenters. The maximum absolute atomic E-state index is 14.1. The van der Waals surface area contributed by atoms with Crippen molar-refractivity contribution in [2.75, 3.05) is 22.5 Å². The van der Waals surface area contributed by atoms with Crippen LogP contribution in [0.15, 0.2) is 66.7 Å². The normalized spacial score (nSPS) is 10.3. The van der Waals surface area contributed by atoms with E-state index in [4.69, 9.17) is 0 Å². The van der Waals surface area contributed by atoms with Crippen LogP contribution in [0.5, 0.6) is 0 Å². The third-order valence-corrected chi connectivity index (χ3v) is 4.53. The number of nitrogens with zero attached hydrogens (tertiary/aromatic N) is 1. The minimum Gasteiger partial charge on any atom is -0.376 e. The zero-order valence-electron chi connectivity index (χ0n) is 17.2. The van der Waals surface area contributed by atoms with Crippen molar-refractivity contribution in [1.82, 2.24) is 0 Å². The fourth-order valence-electron chi connectivity index (χ4n) is 2.98. The fourth-order valence-corrected chi connectivity index (χ4v) is 2.98. The number of anilines is 3. The average molecular weight is 436 g/mol. The summed E-state index contributed by atoms with van der Waals surface area (Å²) in [7, 11) is 0. The van der Waals surface area contributed by atoms with Gasteiger partial charge in [-0.3, -0.25) is 19.7 Å². The van der Waals surface area contributed by atoms with Gasteiger partial charge in [-0.05, 0) is 42.3 Å². The van der Waals surface area contributed by atoms with E-state index in [0.717, 1.165) is 5.56 Å². The van der Waals surface area contributed by atoms with E-state index >= 15 is 0 Å². The number of nitro benzene ring substituents is 1. The molecule has 0 fully saturated rings. The van der Waals surface area contributed by atoms with E-state index in [0.29, 0.717) is 11.3 Å². The van der Waals surface area contributed by atoms with Gasteiger partial charge in [-0.25, -0.2) is 4.39 Å². The highest BCUT2D eigenvalue weighted by molar-refractivity contribution is 5.96. The minimum absolute atomic E-state index is 0.0227. The van der Waals surface area contributed by atoms with Gasteiger partial charge in [0.1, 0.15) is 11.5 Å². The van der Waals surface area contributed by atoms with Crippen molar-refractivity contribution in [3.05, 3.63) is 93.8 Å². The van der Waals surface area contributed by atoms with Gasteiger partial charge in [-0.1, -0.05) is 36.4 Å². The Morgan fingerprint density at radius 1 is 0.938 bits per heavy atom. The predicted molar refractivity (Wildman–Crippen MR) is 120 cm³/mol. The molecule has 0 aliphatic carbocycles. The fraction of sp³-hybridized carbons (Fsp3) is 0.130. The Balaban J connectivity index is 1.60. The molecule has 0 saturated heterocycles. The smallest absolute Gasteiger partial charge is 0.293 e. The number of benzene rings is 3. The van der Waals surface area contributed by atoms with Gasteiger partial charge in [0.05, 0.1) is 23.6 Å². The molecular weight excluding hydrogens is 415 g/mol. The summed E-state index contributed by atoms with van der Waals surface area (Å²) in [6.07, 6.45) is 0.0929. The second-order valence-corrected chi connectivity index (χ2v) is 7.08. The first-order valence-electron chi connectivity index (χ1n) is 9.74. The van der Waals surface area contributed by atoms with E-state index in [1.807, 2.05) is 18.2 Å². The lowest BCUT2D eigenvalue weighted by atomic mass is 10.1. The number of carbonyl (C=O) groups excluding carboxylic acids is 2. The van der Waals surface area contributed by atoms with Crippen LogP contribution in [0.2, 0.25) is 0 Å². The topological polar surface area (TPSA) is 113 Å². The highest BCUT2D eigenvalue weighted by Crippen LogP contribution is 2.25. The molecule has 2 amide bonds. The summed E-state index contributed by atoms with van der Waals surface area (Å²) in [5, 5.41) is 19.0. The van der Waals surface area contributed by atoms with Gasteiger partial charge in [0.2, 0.25) is 11.8 Å². The monoisotopic (exact) mass is 436 g/mol. The Bertz CT molecular complexity index is 1150. The number of hydrogen-bond donors (Lipinski definition) is 3. The molecule has 3 aromatic rings. The number of carbonyl (C=O) groups is 2. The molecule has 0 bridgehead atoms. The minimum atomic E-state index is -0.614. The Kier molecular flexibility index (Phi) is 7.12. The molecule has 0 aliphatic rings. The number of amides is 2. The predicted octanol–water partition coefficient (Wildman–Crippen LogP) is 4.27. The van der Waals surface area contributed by atoms with Crippen molar-refractivity contribution < 1.29 is 18.9 Å². The van der Waals surface area contributed by atoms with E-state index < -0.39 is 16.6 Å². The molecule has 9 heteroatoms. The Labute approximate surface area is 183 Å². The van der Waals surface area contributed by atoms with Gasteiger partial charge < -0.3 is 16.0 Å². The van der Waals surface area contributed by atoms with Crippen molar-refractivity contribution in [2.24, 2.45) is 0 Å². The quantitative estimate of drug-likeness (QED) is 0.360. The van der Waals surface area contributed by atoms with E-state index in [1.54, 1.807) is 25.1 Å². The lowest BCUT2D eigenvalue weighted by Gasteiger charge is -2.11. The summed E-state index contributed by atoms with van der Waals surface area (Å²) >= 11 is 0. The molecule has 32 heavy (non-hydrogen) atoms. The van der Waals surface area contributed by atoms with Crippen molar-refractivity contribution in [2.45, 2.75) is 13.3 Å². The van der Waals surface area contributed by atoms with Gasteiger partial charge in [0.15, 0.2) is 0 Å². The van der Waals surface area contributed by atoms with Crippen LogP contribution in [0, 0.1) is 22.9 Å². The zero-order chi connectivity index (χ0) is 23.1. The molecule has 3 rings (SSSR count). The Hall–Kier alpha value is -4.27. The first-order valence-corrected chi connectivity index (χ1v) is 9.74. The molecule has 0 heterocycles. The van der Waals surface area contributed by atoms with Crippen LogP contribution in [0.25, 0.3) is 0 Å². The summed E-state index contributed by atoms with van der Waals surface area (Å²) in [4.78, 5) is 35.1. The summed E-state index contributed by atoms with van der Waals surface area (Å²) in [5.41, 5.74) is 1.74. The molecule has 0 aromatic heterocycles. The molecule has 0 atom stereocenters. The first kappa shape index (κ1) is 22.4. The number of hydrogen-bond acceptors (Lipinski definition) is 5. The van der Waals surface area contributed by atoms with Gasteiger partial charge in [-0.15, -0.1) is 0 Å². The second kappa shape index (κ2) is 10.2. The number of nitro groups is 1. The van der Waals surface area contributed by atoms with Crippen LogP contribution in [0.1, 0.15) is 11.1 Å². The Morgan fingerprint density at radius 2 is 1.66 bits per heavy atom. The van der Waals surface area contributed by atoms with Crippen molar-refractivity contribution in [3.63, 3.8) is 0 Å². The zero-order valence-corrected chi connectivity index (χ0v) is 17.2. The van der Waals surface area contributed by atoms with Crippen molar-refractivity contribution in [1.29, 1.82) is 0 Å². The van der Waals surface area contributed by atoms with Gasteiger partial charge >= 0.3 is 0 Å². The molecular formula is C23H21FN4O4. The SMILES string of the molecule is Cc1ccc(NC(=O)CNc2ccc(F)c(NC(=O)Cc3ccccc3)c2)c([N+](=O)[O-])c1. The highest BCUT2D eigenvalue weighted by atomic mass is 19.1. The molecule has 0 spiro atoms. The van der Waals surface area contributed by atoms with Crippen LogP contribution in [0.4, 0.5) is 27.1 Å². The molecule has 8 nitrogen and oxygen atoms in total. The van der Waals surface area contributed by atoms with Crippen LogP contribution in [0.3, 0.4) is 0 Å². The number of aryl methyl sites for hydroxylation is 1. The number of rotatable bonds is 8. The van der Waals surface area contributed by atoms with Gasteiger partial charge in [-0.2, -0.15) is 0 Å². The maximum atomic E-state index is 14.1. The molecule has 3 aromatic carbocycles. The van der Waals surface area contributed by atoms with Gasteiger partial charge in [0.25, 0.3) is 5.69 Å². The molecule has 0 aliphatic heterocycles. The Morgan fingerprint density at radius 3 is 2.38 bits per heavy atom. The van der Waals surface area contributed by atoms with E-state index in [2.05, 4.69) is 16.0 Å². The largest absolute Gasteiger partial charge is 0.376 e. The standard InChI is InChI=1S/C23H21FN4O4/c1-15-7-10-19(21(11-15)28(31)32)26-23(30)14-25-17-8-9-18(24)20(13-17)27-22(29)12-16-5-3-2-4-6-16/h2-11,13,25H,12,14H2,1H3,(H,26,30)(H,27,29). The average Bonchev–Trinajstić information content (AvgIpc) is 2.76. The van der Waals surface area contributed by atoms with E-state index in [1.165, 1.54) is 30.3 Å². The summed E-state index contributed by atoms with van der Waals surface area (Å²) in [6.45, 7) is 1.50. The van der Waals surface area contributed by atoms with Crippen LogP contribution in [-0.4, -0.2) is 23.3 Å². The molecule has 3 N–H and O–H groups in total. The lowest BCUT2D eigenvalue weighted by molar-refractivity contribution is -0.384. The molecule has 0 saturated carbocycles. The number of halogens is 1. The molecule has 0 radical (unpaired) electrons. The summed E-state index contributed by atoms with van der Waals surface area (Å²) < 4.78 is 14.1. The van der Waals surface area contributed by atoms with Crippen molar-refractivity contribution >= 4 is 34.6 Å². The van der Waals surface area contributed by atoms with E-state index in [9.17, 15) is 24.1 Å². The van der Waals surface area contributed by atoms with Crippen LogP contribution in [-0.2, 0) is 16.0 Å². The van der Waals surface area contributed by atoms with Crippen LogP contribution >= 0.6 is 0 Å². The highest BCUT2D eigenvalue weighted by Gasteiger charge is 2.16.